The Morgan fingerprint density at radius 1 is 1.10 bits per heavy atom. The summed E-state index contributed by atoms with van der Waals surface area (Å²) in [6, 6.07) is 9.20. The van der Waals surface area contributed by atoms with E-state index in [-0.39, 0.29) is 12.5 Å². The number of thiazole rings is 1. The van der Waals surface area contributed by atoms with Gasteiger partial charge in [-0.15, -0.1) is 21.5 Å². The van der Waals surface area contributed by atoms with Crippen LogP contribution in [0.15, 0.2) is 41.9 Å². The lowest BCUT2D eigenvalue weighted by atomic mass is 10.1. The van der Waals surface area contributed by atoms with Gasteiger partial charge in [-0.3, -0.25) is 14.1 Å². The van der Waals surface area contributed by atoms with E-state index in [1.807, 2.05) is 39.0 Å². The first-order valence-electron chi connectivity index (χ1n) is 9.64. The number of aromatic nitrogens is 4. The molecule has 0 radical (unpaired) electrons. The quantitative estimate of drug-likeness (QED) is 0.438. The highest BCUT2D eigenvalue weighted by molar-refractivity contribution is 7.14. The third-order valence-electron chi connectivity index (χ3n) is 4.95. The highest BCUT2D eigenvalue weighted by Crippen LogP contribution is 2.30. The fraction of sp³-hybridized carbons (Fsp3) is 0.227. The van der Waals surface area contributed by atoms with Crippen molar-refractivity contribution < 1.29 is 14.3 Å². The number of aryl methyl sites for hydroxylation is 3. The van der Waals surface area contributed by atoms with Crippen LogP contribution in [0.3, 0.4) is 0 Å². The van der Waals surface area contributed by atoms with Crippen molar-refractivity contribution in [3.8, 4) is 0 Å². The number of nitrogens with zero attached hydrogens (tertiary/aromatic N) is 5. The van der Waals surface area contributed by atoms with Gasteiger partial charge in [0, 0.05) is 18.5 Å². The van der Waals surface area contributed by atoms with Crippen molar-refractivity contribution in [2.24, 2.45) is 0 Å². The minimum atomic E-state index is -0.470. The Balaban J connectivity index is 1.49. The summed E-state index contributed by atoms with van der Waals surface area (Å²) in [6.07, 6.45) is 1.65. The lowest BCUT2D eigenvalue weighted by Gasteiger charge is -2.19. The number of carbonyl (C=O) groups is 2. The second-order valence-corrected chi connectivity index (χ2v) is 8.05. The van der Waals surface area contributed by atoms with Crippen molar-refractivity contribution in [3.63, 3.8) is 0 Å². The number of hydrogen-bond donors (Lipinski definition) is 0. The lowest BCUT2D eigenvalue weighted by molar-refractivity contribution is -0.115. The molecule has 4 rings (SSSR count). The molecule has 1 aromatic carbocycles. The van der Waals surface area contributed by atoms with Gasteiger partial charge in [0.05, 0.1) is 16.9 Å². The van der Waals surface area contributed by atoms with Crippen LogP contribution in [0, 0.1) is 20.8 Å². The minimum Gasteiger partial charge on any atom is -0.456 e. The molecular formula is C22H21N5O3S. The summed E-state index contributed by atoms with van der Waals surface area (Å²) < 4.78 is 7.15. The van der Waals surface area contributed by atoms with Crippen LogP contribution in [0.2, 0.25) is 0 Å². The summed E-state index contributed by atoms with van der Waals surface area (Å²) in [7, 11) is 0. The first-order chi connectivity index (χ1) is 14.8. The number of carbonyl (C=O) groups excluding carboxylic acids is 2. The third-order valence-corrected chi connectivity index (χ3v) is 5.83. The number of esters is 1. The van der Waals surface area contributed by atoms with Crippen LogP contribution < -0.4 is 4.90 Å². The Bertz CT molecular complexity index is 1290. The van der Waals surface area contributed by atoms with Crippen LogP contribution in [0.1, 0.15) is 39.9 Å². The molecule has 8 nitrogen and oxygen atoms in total. The smallest absolute Gasteiger partial charge is 0.340 e. The molecule has 0 saturated carbocycles. The largest absolute Gasteiger partial charge is 0.456 e. The Hall–Kier alpha value is -3.59. The molecule has 0 spiro atoms. The zero-order valence-corrected chi connectivity index (χ0v) is 18.4. The molecule has 31 heavy (non-hydrogen) atoms. The summed E-state index contributed by atoms with van der Waals surface area (Å²) in [5, 5.41) is 10.3. The van der Waals surface area contributed by atoms with Gasteiger partial charge in [0.15, 0.2) is 10.8 Å². The van der Waals surface area contributed by atoms with Gasteiger partial charge in [0.1, 0.15) is 12.4 Å². The molecule has 0 unspecified atom stereocenters. The van der Waals surface area contributed by atoms with Crippen molar-refractivity contribution in [1.29, 1.82) is 0 Å². The number of hydrogen-bond acceptors (Lipinski definition) is 7. The monoisotopic (exact) mass is 435 g/mol. The van der Waals surface area contributed by atoms with Gasteiger partial charge in [-0.2, -0.15) is 0 Å². The molecule has 0 aliphatic rings. The van der Waals surface area contributed by atoms with Crippen molar-refractivity contribution in [3.05, 3.63) is 70.1 Å². The van der Waals surface area contributed by atoms with E-state index in [0.717, 1.165) is 16.8 Å². The molecule has 0 fully saturated rings. The van der Waals surface area contributed by atoms with Crippen molar-refractivity contribution in [2.75, 3.05) is 4.90 Å². The second-order valence-electron chi connectivity index (χ2n) is 7.21. The van der Waals surface area contributed by atoms with Crippen molar-refractivity contribution >= 4 is 39.7 Å². The van der Waals surface area contributed by atoms with Gasteiger partial charge < -0.3 is 4.74 Å². The number of pyridine rings is 1. The topological polar surface area (TPSA) is 89.7 Å². The van der Waals surface area contributed by atoms with E-state index >= 15 is 0 Å². The maximum atomic E-state index is 12.5. The predicted octanol–water partition coefficient (Wildman–Crippen LogP) is 4.15. The molecule has 0 N–H and O–H groups in total. The highest BCUT2D eigenvalue weighted by atomic mass is 32.1. The number of rotatable bonds is 5. The molecule has 9 heteroatoms. The predicted molar refractivity (Wildman–Crippen MR) is 118 cm³/mol. The molecule has 3 aromatic heterocycles. The Morgan fingerprint density at radius 2 is 1.90 bits per heavy atom. The van der Waals surface area contributed by atoms with E-state index < -0.39 is 5.97 Å². The van der Waals surface area contributed by atoms with Crippen LogP contribution in [-0.4, -0.2) is 31.5 Å². The summed E-state index contributed by atoms with van der Waals surface area (Å²) in [6.45, 7) is 7.34. The van der Waals surface area contributed by atoms with Crippen LogP contribution >= 0.6 is 11.3 Å². The Kier molecular flexibility index (Phi) is 5.51. The molecule has 0 aliphatic carbocycles. The van der Waals surface area contributed by atoms with Crippen molar-refractivity contribution in [2.45, 2.75) is 34.3 Å². The molecule has 4 aromatic rings. The summed E-state index contributed by atoms with van der Waals surface area (Å²) in [5.74, 6) is 0.0744. The van der Waals surface area contributed by atoms with E-state index in [9.17, 15) is 9.59 Å². The average Bonchev–Trinajstić information content (AvgIpc) is 3.35. The van der Waals surface area contributed by atoms with Crippen LogP contribution in [0.25, 0.3) is 5.65 Å². The van der Waals surface area contributed by atoms with Crippen LogP contribution in [-0.2, 0) is 16.1 Å². The summed E-state index contributed by atoms with van der Waals surface area (Å²) in [4.78, 5) is 30.8. The SMILES string of the molecule is CC(=O)N(c1ccc(C)c(C)c1)c1nc(COC(=O)c2ccc3nnc(C)n3c2)cs1. The fourth-order valence-corrected chi connectivity index (χ4v) is 3.98. The minimum absolute atomic E-state index is 0.00714. The zero-order chi connectivity index (χ0) is 22.1. The molecule has 0 saturated heterocycles. The van der Waals surface area contributed by atoms with E-state index in [4.69, 9.17) is 4.74 Å². The third kappa shape index (κ3) is 4.17. The first-order valence-corrected chi connectivity index (χ1v) is 10.5. The zero-order valence-electron chi connectivity index (χ0n) is 17.6. The van der Waals surface area contributed by atoms with Gasteiger partial charge in [-0.1, -0.05) is 6.07 Å². The average molecular weight is 436 g/mol. The maximum Gasteiger partial charge on any atom is 0.340 e. The highest BCUT2D eigenvalue weighted by Gasteiger charge is 2.19. The van der Waals surface area contributed by atoms with Crippen LogP contribution in [0.5, 0.6) is 0 Å². The van der Waals surface area contributed by atoms with Gasteiger partial charge in [-0.25, -0.2) is 9.78 Å². The summed E-state index contributed by atoms with van der Waals surface area (Å²) in [5.41, 5.74) is 4.63. The molecule has 3 heterocycles. The van der Waals surface area contributed by atoms with E-state index in [1.165, 1.54) is 18.3 Å². The molecular weight excluding hydrogens is 414 g/mol. The maximum absolute atomic E-state index is 12.5. The van der Waals surface area contributed by atoms with E-state index in [0.29, 0.717) is 27.9 Å². The first kappa shape index (κ1) is 20.7. The van der Waals surface area contributed by atoms with Gasteiger partial charge in [-0.05, 0) is 56.2 Å². The molecule has 158 valence electrons. The van der Waals surface area contributed by atoms with Gasteiger partial charge in [0.25, 0.3) is 0 Å². The molecule has 0 atom stereocenters. The standard InChI is InChI=1S/C22H21N5O3S/c1-13-5-7-19(9-14(13)2)27(16(4)28)22-23-18(12-31-22)11-30-21(29)17-6-8-20-25-24-15(3)26(20)10-17/h5-10,12H,11H2,1-4H3. The lowest BCUT2D eigenvalue weighted by Crippen LogP contribution is -2.22. The number of benzene rings is 1. The van der Waals surface area contributed by atoms with Gasteiger partial charge in [0.2, 0.25) is 5.91 Å². The van der Waals surface area contributed by atoms with E-state index in [2.05, 4.69) is 15.2 Å². The summed E-state index contributed by atoms with van der Waals surface area (Å²) >= 11 is 1.33. The number of amides is 1. The number of fused-ring (bicyclic) bond motifs is 1. The molecule has 0 aliphatic heterocycles. The Labute approximate surface area is 183 Å². The fourth-order valence-electron chi connectivity index (χ4n) is 3.11. The molecule has 1 amide bonds. The van der Waals surface area contributed by atoms with Crippen LogP contribution in [0.4, 0.5) is 10.8 Å². The van der Waals surface area contributed by atoms with Crippen molar-refractivity contribution in [1.82, 2.24) is 19.6 Å². The number of anilines is 2. The second kappa shape index (κ2) is 8.27. The normalized spacial score (nSPS) is 11.0. The number of ether oxygens (including phenoxy) is 1. The Morgan fingerprint density at radius 3 is 2.65 bits per heavy atom. The van der Waals surface area contributed by atoms with Gasteiger partial charge >= 0.3 is 5.97 Å². The van der Waals surface area contributed by atoms with E-state index in [1.54, 1.807) is 33.0 Å². The molecule has 0 bridgehead atoms.